The van der Waals surface area contributed by atoms with Crippen molar-refractivity contribution in [2.45, 2.75) is 25.3 Å². The number of urea groups is 1. The monoisotopic (exact) mass is 241 g/mol. The maximum atomic E-state index is 12.0. The van der Waals surface area contributed by atoms with Crippen LogP contribution >= 0.6 is 0 Å². The molecular formula is C12H23N3O2. The maximum absolute atomic E-state index is 12.0. The standard InChI is InChI=1S/C12H23N3O2/c1-13-7-10-3-2-5-15(8-10)12(16)14-11-4-6-17-9-11/h10-11,13H,2-9H2,1H3,(H,14,16). The molecule has 0 radical (unpaired) electrons. The molecule has 2 heterocycles. The number of nitrogens with one attached hydrogen (secondary N) is 2. The Morgan fingerprint density at radius 2 is 2.35 bits per heavy atom. The molecule has 0 aliphatic carbocycles. The largest absolute Gasteiger partial charge is 0.379 e. The van der Waals surface area contributed by atoms with E-state index in [1.165, 1.54) is 6.42 Å². The number of hydrogen-bond donors (Lipinski definition) is 2. The highest BCUT2D eigenvalue weighted by Gasteiger charge is 2.25. The van der Waals surface area contributed by atoms with Crippen LogP contribution in [0.15, 0.2) is 0 Å². The zero-order valence-electron chi connectivity index (χ0n) is 10.6. The van der Waals surface area contributed by atoms with Crippen molar-refractivity contribution in [2.75, 3.05) is 39.9 Å². The molecule has 2 unspecified atom stereocenters. The number of likely N-dealkylation sites (tertiary alicyclic amines) is 1. The Kier molecular flexibility index (Phi) is 4.62. The molecule has 2 aliphatic heterocycles. The van der Waals surface area contributed by atoms with Crippen molar-refractivity contribution in [1.82, 2.24) is 15.5 Å². The lowest BCUT2D eigenvalue weighted by Crippen LogP contribution is -2.49. The summed E-state index contributed by atoms with van der Waals surface area (Å²) in [6, 6.07) is 0.300. The fourth-order valence-electron chi connectivity index (χ4n) is 2.62. The van der Waals surface area contributed by atoms with Crippen molar-refractivity contribution in [3.63, 3.8) is 0 Å². The van der Waals surface area contributed by atoms with Crippen molar-refractivity contribution in [1.29, 1.82) is 0 Å². The Bertz CT molecular complexity index is 252. The first kappa shape index (κ1) is 12.6. The van der Waals surface area contributed by atoms with Crippen LogP contribution in [-0.2, 0) is 4.74 Å². The summed E-state index contributed by atoms with van der Waals surface area (Å²) >= 11 is 0. The molecule has 0 spiro atoms. The number of carbonyl (C=O) groups excluding carboxylic acids is 1. The summed E-state index contributed by atoms with van der Waals surface area (Å²) in [6.45, 7) is 4.20. The molecule has 2 fully saturated rings. The number of nitrogens with zero attached hydrogens (tertiary/aromatic N) is 1. The molecular weight excluding hydrogens is 218 g/mol. The van der Waals surface area contributed by atoms with Crippen LogP contribution in [0.5, 0.6) is 0 Å². The van der Waals surface area contributed by atoms with Gasteiger partial charge in [-0.15, -0.1) is 0 Å². The number of hydrogen-bond acceptors (Lipinski definition) is 3. The van der Waals surface area contributed by atoms with E-state index in [2.05, 4.69) is 10.6 Å². The molecule has 98 valence electrons. The van der Waals surface area contributed by atoms with E-state index in [1.54, 1.807) is 0 Å². The first-order valence-electron chi connectivity index (χ1n) is 6.57. The number of amides is 2. The first-order valence-corrected chi connectivity index (χ1v) is 6.57. The Balaban J connectivity index is 1.77. The maximum Gasteiger partial charge on any atom is 0.317 e. The first-order chi connectivity index (χ1) is 8.29. The van der Waals surface area contributed by atoms with Crippen molar-refractivity contribution in [3.05, 3.63) is 0 Å². The van der Waals surface area contributed by atoms with Gasteiger partial charge in [-0.05, 0) is 38.8 Å². The lowest BCUT2D eigenvalue weighted by Gasteiger charge is -2.33. The lowest BCUT2D eigenvalue weighted by atomic mass is 9.98. The van der Waals surface area contributed by atoms with Gasteiger partial charge in [-0.25, -0.2) is 4.79 Å². The summed E-state index contributed by atoms with van der Waals surface area (Å²) < 4.78 is 5.26. The Morgan fingerprint density at radius 1 is 1.47 bits per heavy atom. The predicted octanol–water partition coefficient (Wildman–Crippen LogP) is 0.416. The quantitative estimate of drug-likeness (QED) is 0.753. The van der Waals surface area contributed by atoms with Gasteiger partial charge in [-0.2, -0.15) is 0 Å². The lowest BCUT2D eigenvalue weighted by molar-refractivity contribution is 0.157. The zero-order valence-corrected chi connectivity index (χ0v) is 10.6. The minimum atomic E-state index is 0.0845. The van der Waals surface area contributed by atoms with Crippen molar-refractivity contribution < 1.29 is 9.53 Å². The van der Waals surface area contributed by atoms with Gasteiger partial charge in [-0.1, -0.05) is 0 Å². The molecule has 2 atom stereocenters. The SMILES string of the molecule is CNCC1CCCN(C(=O)NC2CCOC2)C1. The predicted molar refractivity (Wildman–Crippen MR) is 66.0 cm³/mol. The number of ether oxygens (including phenoxy) is 1. The van der Waals surface area contributed by atoms with Crippen molar-refractivity contribution in [3.8, 4) is 0 Å². The average molecular weight is 241 g/mol. The Labute approximate surface area is 103 Å². The summed E-state index contributed by atoms with van der Waals surface area (Å²) in [5, 5.41) is 6.24. The van der Waals surface area contributed by atoms with Crippen LogP contribution in [0, 0.1) is 5.92 Å². The van der Waals surface area contributed by atoms with Gasteiger partial charge >= 0.3 is 6.03 Å². The van der Waals surface area contributed by atoms with Crippen LogP contribution in [0.2, 0.25) is 0 Å². The van der Waals surface area contributed by atoms with Crippen molar-refractivity contribution >= 4 is 6.03 Å². The average Bonchev–Trinajstić information content (AvgIpc) is 2.83. The van der Waals surface area contributed by atoms with E-state index in [0.717, 1.165) is 39.1 Å². The number of carbonyl (C=O) groups is 1. The molecule has 17 heavy (non-hydrogen) atoms. The normalized spacial score (nSPS) is 29.4. The molecule has 2 aliphatic rings. The number of piperidine rings is 1. The molecule has 5 heteroatoms. The van der Waals surface area contributed by atoms with E-state index in [-0.39, 0.29) is 12.1 Å². The summed E-state index contributed by atoms with van der Waals surface area (Å²) in [7, 11) is 1.97. The fraction of sp³-hybridized carbons (Fsp3) is 0.917. The van der Waals surface area contributed by atoms with Crippen LogP contribution in [0.4, 0.5) is 4.79 Å². The highest BCUT2D eigenvalue weighted by molar-refractivity contribution is 5.74. The van der Waals surface area contributed by atoms with Crippen LogP contribution in [0.25, 0.3) is 0 Å². The summed E-state index contributed by atoms with van der Waals surface area (Å²) in [4.78, 5) is 14.0. The van der Waals surface area contributed by atoms with E-state index in [4.69, 9.17) is 4.74 Å². The van der Waals surface area contributed by atoms with E-state index in [9.17, 15) is 4.79 Å². The van der Waals surface area contributed by atoms with Gasteiger partial charge in [0.2, 0.25) is 0 Å². The molecule has 2 N–H and O–H groups in total. The van der Waals surface area contributed by atoms with Gasteiger partial charge in [0.15, 0.2) is 0 Å². The molecule has 2 rings (SSSR count). The second-order valence-electron chi connectivity index (χ2n) is 5.02. The minimum Gasteiger partial charge on any atom is -0.379 e. The summed E-state index contributed by atoms with van der Waals surface area (Å²) in [5.74, 6) is 0.597. The molecule has 2 amide bonds. The van der Waals surface area contributed by atoms with E-state index in [0.29, 0.717) is 12.5 Å². The van der Waals surface area contributed by atoms with Crippen LogP contribution in [0.3, 0.4) is 0 Å². The number of rotatable bonds is 3. The topological polar surface area (TPSA) is 53.6 Å². The Morgan fingerprint density at radius 3 is 3.06 bits per heavy atom. The van der Waals surface area contributed by atoms with Gasteiger partial charge in [0.25, 0.3) is 0 Å². The molecule has 0 aromatic carbocycles. The zero-order chi connectivity index (χ0) is 12.1. The van der Waals surface area contributed by atoms with Gasteiger partial charge in [-0.3, -0.25) is 0 Å². The second-order valence-corrected chi connectivity index (χ2v) is 5.02. The van der Waals surface area contributed by atoms with E-state index < -0.39 is 0 Å². The fourth-order valence-corrected chi connectivity index (χ4v) is 2.62. The third kappa shape index (κ3) is 3.57. The van der Waals surface area contributed by atoms with E-state index >= 15 is 0 Å². The Hall–Kier alpha value is -0.810. The van der Waals surface area contributed by atoms with Gasteiger partial charge in [0.1, 0.15) is 0 Å². The van der Waals surface area contributed by atoms with E-state index in [1.807, 2.05) is 11.9 Å². The third-order valence-electron chi connectivity index (χ3n) is 3.56. The molecule has 0 aromatic rings. The van der Waals surface area contributed by atoms with Gasteiger partial charge in [0.05, 0.1) is 12.6 Å². The third-order valence-corrected chi connectivity index (χ3v) is 3.56. The van der Waals surface area contributed by atoms with Gasteiger partial charge in [0, 0.05) is 19.7 Å². The minimum absolute atomic E-state index is 0.0845. The smallest absolute Gasteiger partial charge is 0.317 e. The van der Waals surface area contributed by atoms with Crippen LogP contribution in [-0.4, -0.2) is 56.9 Å². The molecule has 2 saturated heterocycles. The highest BCUT2D eigenvalue weighted by atomic mass is 16.5. The summed E-state index contributed by atoms with van der Waals surface area (Å²) in [6.07, 6.45) is 3.28. The summed E-state index contributed by atoms with van der Waals surface area (Å²) in [5.41, 5.74) is 0. The molecule has 0 aromatic heterocycles. The molecule has 5 nitrogen and oxygen atoms in total. The van der Waals surface area contributed by atoms with Gasteiger partial charge < -0.3 is 20.3 Å². The van der Waals surface area contributed by atoms with Crippen molar-refractivity contribution in [2.24, 2.45) is 5.92 Å². The van der Waals surface area contributed by atoms with Crippen LogP contribution < -0.4 is 10.6 Å². The van der Waals surface area contributed by atoms with Crippen LogP contribution in [0.1, 0.15) is 19.3 Å². The highest BCUT2D eigenvalue weighted by Crippen LogP contribution is 2.16. The second kappa shape index (κ2) is 6.21. The molecule has 0 saturated carbocycles. The molecule has 0 bridgehead atoms.